The smallest absolute Gasteiger partial charge is 0.337 e. The molecular weight excluding hydrogens is 576 g/mol. The predicted molar refractivity (Wildman–Crippen MR) is 175 cm³/mol. The molecule has 0 saturated carbocycles. The lowest BCUT2D eigenvalue weighted by molar-refractivity contribution is -0.138. The number of hydrogen-bond acceptors (Lipinski definition) is 6. The Labute approximate surface area is 270 Å². The van der Waals surface area contributed by atoms with Crippen molar-refractivity contribution in [2.24, 2.45) is 11.8 Å². The average molecular weight is 615 g/mol. The Morgan fingerprint density at radius 3 is 1.02 bits per heavy atom. The Bertz CT molecular complexity index is 1550. The van der Waals surface area contributed by atoms with Crippen LogP contribution in [-0.4, -0.2) is 26.2 Å². The zero-order valence-electron chi connectivity index (χ0n) is 26.6. The van der Waals surface area contributed by atoms with Crippen molar-refractivity contribution in [1.82, 2.24) is 0 Å². The van der Waals surface area contributed by atoms with Crippen LogP contribution in [0.25, 0.3) is 0 Å². The van der Waals surface area contributed by atoms with E-state index in [1.54, 1.807) is 0 Å². The van der Waals surface area contributed by atoms with Gasteiger partial charge < -0.3 is 18.9 Å². The third kappa shape index (κ3) is 4.98. The average Bonchev–Trinajstić information content (AvgIpc) is 3.59. The minimum absolute atomic E-state index is 0.434. The fourth-order valence-corrected chi connectivity index (χ4v) is 7.57. The van der Waals surface area contributed by atoms with Gasteiger partial charge in [-0.2, -0.15) is 0 Å². The quantitative estimate of drug-likeness (QED) is 0.179. The van der Waals surface area contributed by atoms with Crippen LogP contribution in [0.5, 0.6) is 0 Å². The maximum Gasteiger partial charge on any atom is 0.337 e. The van der Waals surface area contributed by atoms with Crippen molar-refractivity contribution in [3.63, 3.8) is 0 Å². The molecule has 46 heavy (non-hydrogen) atoms. The molecule has 4 aromatic rings. The summed E-state index contributed by atoms with van der Waals surface area (Å²) in [6.45, 7) is 3.65. The van der Waals surface area contributed by atoms with Gasteiger partial charge in [-0.05, 0) is 26.7 Å². The summed E-state index contributed by atoms with van der Waals surface area (Å²) >= 11 is 0. The second-order valence-corrected chi connectivity index (χ2v) is 11.7. The lowest BCUT2D eigenvalue weighted by Crippen LogP contribution is -2.40. The summed E-state index contributed by atoms with van der Waals surface area (Å²) in [6, 6.07) is 40.0. The first-order valence-corrected chi connectivity index (χ1v) is 15.6. The van der Waals surface area contributed by atoms with E-state index in [-0.39, 0.29) is 0 Å². The van der Waals surface area contributed by atoms with E-state index < -0.39 is 35.0 Å². The maximum absolute atomic E-state index is 13.6. The van der Waals surface area contributed by atoms with Crippen LogP contribution in [0, 0.1) is 11.8 Å². The number of carbonyl (C=O) groups is 2. The second kappa shape index (κ2) is 12.7. The van der Waals surface area contributed by atoms with Crippen LogP contribution in [0.4, 0.5) is 0 Å². The van der Waals surface area contributed by atoms with Gasteiger partial charge in [-0.25, -0.2) is 9.59 Å². The number of rotatable bonds is 9. The number of carbonyl (C=O) groups excluding carboxylic acids is 2. The Kier molecular flexibility index (Phi) is 8.55. The number of esters is 2. The first kappa shape index (κ1) is 30.9. The van der Waals surface area contributed by atoms with E-state index in [0.29, 0.717) is 35.5 Å². The highest BCUT2D eigenvalue weighted by Gasteiger charge is 2.57. The second-order valence-electron chi connectivity index (χ2n) is 11.7. The van der Waals surface area contributed by atoms with Crippen molar-refractivity contribution in [3.05, 3.63) is 166 Å². The van der Waals surface area contributed by atoms with Gasteiger partial charge in [0, 0.05) is 34.1 Å². The largest absolute Gasteiger partial charge is 0.481 e. The minimum atomic E-state index is -1.01. The summed E-state index contributed by atoms with van der Waals surface area (Å²) in [7, 11) is 2.79. The summed E-state index contributed by atoms with van der Waals surface area (Å²) in [5.74, 6) is -0.732. The van der Waals surface area contributed by atoms with Gasteiger partial charge in [0.2, 0.25) is 0 Å². The zero-order chi connectivity index (χ0) is 32.3. The van der Waals surface area contributed by atoms with Gasteiger partial charge in [0.1, 0.15) is 11.5 Å². The summed E-state index contributed by atoms with van der Waals surface area (Å²) < 4.78 is 24.5. The normalized spacial score (nSPS) is 19.7. The first-order valence-electron chi connectivity index (χ1n) is 15.6. The summed E-state index contributed by atoms with van der Waals surface area (Å²) in [6.07, 6.45) is 0.934. The molecule has 234 valence electrons. The first-order chi connectivity index (χ1) is 22.4. The number of benzene rings is 4. The number of hydrogen-bond donors (Lipinski definition) is 0. The molecule has 6 heteroatoms. The minimum Gasteiger partial charge on any atom is -0.481 e. The molecule has 2 aliphatic rings. The fourth-order valence-electron chi connectivity index (χ4n) is 7.57. The SMILES string of the molecule is COC(=O)C1=C(C)OC(c2ccccc2)(c2ccccc2)C1CCC1C(C(=O)OC)=C(C)OC1(c1ccccc1)c1ccccc1. The molecule has 0 fully saturated rings. The van der Waals surface area contributed by atoms with E-state index in [4.69, 9.17) is 18.9 Å². The van der Waals surface area contributed by atoms with Gasteiger partial charge in [-0.1, -0.05) is 121 Å². The highest BCUT2D eigenvalue weighted by atomic mass is 16.5. The highest BCUT2D eigenvalue weighted by Crippen LogP contribution is 2.57. The number of methoxy groups -OCH3 is 2. The van der Waals surface area contributed by atoms with Crippen molar-refractivity contribution >= 4 is 11.9 Å². The molecule has 2 heterocycles. The zero-order valence-corrected chi connectivity index (χ0v) is 26.6. The van der Waals surface area contributed by atoms with E-state index in [1.807, 2.05) is 135 Å². The molecule has 2 aliphatic heterocycles. The van der Waals surface area contributed by atoms with Crippen molar-refractivity contribution in [2.45, 2.75) is 37.9 Å². The Balaban J connectivity index is 1.54. The molecular formula is C40H38O6. The summed E-state index contributed by atoms with van der Waals surface area (Å²) in [5.41, 5.74) is 2.63. The molecule has 0 amide bonds. The van der Waals surface area contributed by atoms with Crippen molar-refractivity contribution < 1.29 is 28.5 Å². The van der Waals surface area contributed by atoms with Gasteiger partial charge in [-0.3, -0.25) is 0 Å². The molecule has 2 unspecified atom stereocenters. The van der Waals surface area contributed by atoms with Crippen LogP contribution in [0.15, 0.2) is 144 Å². The predicted octanol–water partition coefficient (Wildman–Crippen LogP) is 7.84. The van der Waals surface area contributed by atoms with E-state index >= 15 is 0 Å². The fraction of sp³-hybridized carbons (Fsp3) is 0.250. The van der Waals surface area contributed by atoms with Crippen LogP contribution in [0.2, 0.25) is 0 Å². The van der Waals surface area contributed by atoms with Crippen LogP contribution in [-0.2, 0) is 39.7 Å². The third-order valence-corrected chi connectivity index (χ3v) is 9.43. The summed E-state index contributed by atoms with van der Waals surface area (Å²) in [5, 5.41) is 0. The third-order valence-electron chi connectivity index (χ3n) is 9.43. The van der Waals surface area contributed by atoms with Gasteiger partial charge in [0.05, 0.1) is 25.4 Å². The lowest BCUT2D eigenvalue weighted by atomic mass is 9.67. The maximum atomic E-state index is 13.6. The molecule has 0 radical (unpaired) electrons. The van der Waals surface area contributed by atoms with Crippen molar-refractivity contribution in [2.75, 3.05) is 14.2 Å². The van der Waals surface area contributed by atoms with E-state index in [9.17, 15) is 9.59 Å². The van der Waals surface area contributed by atoms with Crippen LogP contribution >= 0.6 is 0 Å². The molecule has 0 bridgehead atoms. The van der Waals surface area contributed by atoms with Crippen LogP contribution in [0.1, 0.15) is 48.9 Å². The molecule has 6 rings (SSSR count). The van der Waals surface area contributed by atoms with Gasteiger partial charge in [0.25, 0.3) is 0 Å². The number of allylic oxidation sites excluding steroid dienone is 2. The molecule has 0 aromatic heterocycles. The standard InChI is InChI=1S/C40H38O6/c1-27-35(37(41)43-3)33(39(45-27,29-17-9-5-10-18-29)30-19-11-6-12-20-30)25-26-34-36(38(42)44-4)28(2)46-40(34,31-21-13-7-14-22-31)32-23-15-8-16-24-32/h5-24,33-34H,25-26H2,1-4H3. The van der Waals surface area contributed by atoms with Crippen LogP contribution < -0.4 is 0 Å². The molecule has 4 aromatic carbocycles. The van der Waals surface area contributed by atoms with Gasteiger partial charge in [-0.15, -0.1) is 0 Å². The van der Waals surface area contributed by atoms with E-state index in [2.05, 4.69) is 0 Å². The van der Waals surface area contributed by atoms with E-state index in [1.165, 1.54) is 14.2 Å². The van der Waals surface area contributed by atoms with Gasteiger partial charge in [0.15, 0.2) is 11.2 Å². The molecule has 0 N–H and O–H groups in total. The van der Waals surface area contributed by atoms with E-state index in [0.717, 1.165) is 22.3 Å². The molecule has 0 aliphatic carbocycles. The Hall–Kier alpha value is -5.10. The Morgan fingerprint density at radius 2 is 0.783 bits per heavy atom. The molecule has 0 saturated heterocycles. The molecule has 6 nitrogen and oxygen atoms in total. The Morgan fingerprint density at radius 1 is 0.522 bits per heavy atom. The van der Waals surface area contributed by atoms with Crippen LogP contribution in [0.3, 0.4) is 0 Å². The lowest BCUT2D eigenvalue weighted by Gasteiger charge is -2.40. The molecule has 2 atom stereocenters. The van der Waals surface area contributed by atoms with Crippen molar-refractivity contribution in [1.29, 1.82) is 0 Å². The number of ether oxygens (including phenoxy) is 4. The topological polar surface area (TPSA) is 71.1 Å². The molecule has 0 spiro atoms. The monoisotopic (exact) mass is 614 g/mol. The van der Waals surface area contributed by atoms with Crippen molar-refractivity contribution in [3.8, 4) is 0 Å². The summed E-state index contributed by atoms with van der Waals surface area (Å²) in [4.78, 5) is 27.1. The van der Waals surface area contributed by atoms with Gasteiger partial charge >= 0.3 is 11.9 Å². The highest BCUT2D eigenvalue weighted by molar-refractivity contribution is 5.91.